The average molecular weight is 287 g/mol. The lowest BCUT2D eigenvalue weighted by molar-refractivity contribution is 0.0754. The van der Waals surface area contributed by atoms with E-state index in [1.807, 2.05) is 29.5 Å². The van der Waals surface area contributed by atoms with Gasteiger partial charge in [-0.15, -0.1) is 0 Å². The van der Waals surface area contributed by atoms with Gasteiger partial charge in [0, 0.05) is 11.9 Å². The molecule has 0 aliphatic heterocycles. The van der Waals surface area contributed by atoms with Crippen molar-refractivity contribution < 1.29 is 9.90 Å². The van der Waals surface area contributed by atoms with Crippen molar-refractivity contribution in [1.82, 2.24) is 14.7 Å². The molecule has 2 aromatic rings. The van der Waals surface area contributed by atoms with Crippen molar-refractivity contribution in [2.75, 3.05) is 6.61 Å². The molecule has 1 fully saturated rings. The molecule has 1 aliphatic carbocycles. The number of carbonyl (C=O) groups is 1. The van der Waals surface area contributed by atoms with Crippen molar-refractivity contribution in [3.05, 3.63) is 35.8 Å². The number of hydrogen-bond donors (Lipinski definition) is 2. The van der Waals surface area contributed by atoms with E-state index in [4.69, 9.17) is 0 Å². The van der Waals surface area contributed by atoms with Crippen LogP contribution in [0.15, 0.2) is 24.4 Å². The first kappa shape index (κ1) is 14.1. The van der Waals surface area contributed by atoms with Gasteiger partial charge in [-0.3, -0.25) is 4.79 Å². The number of pyridine rings is 1. The molecule has 2 heterocycles. The molecule has 0 atom stereocenters. The van der Waals surface area contributed by atoms with Gasteiger partial charge in [0.05, 0.1) is 12.1 Å². The first-order chi connectivity index (χ1) is 10.1. The molecule has 2 aromatic heterocycles. The smallest absolute Gasteiger partial charge is 0.272 e. The fourth-order valence-corrected chi connectivity index (χ4v) is 3.11. The molecule has 0 aromatic carbocycles. The van der Waals surface area contributed by atoms with Gasteiger partial charge in [0.25, 0.3) is 5.91 Å². The number of fused-ring (bicyclic) bond motifs is 1. The Morgan fingerprint density at radius 2 is 2.14 bits per heavy atom. The van der Waals surface area contributed by atoms with Crippen LogP contribution in [0, 0.1) is 6.92 Å². The Kier molecular flexibility index (Phi) is 3.68. The quantitative estimate of drug-likeness (QED) is 0.908. The van der Waals surface area contributed by atoms with Crippen LogP contribution in [0.2, 0.25) is 0 Å². The van der Waals surface area contributed by atoms with Crippen molar-refractivity contribution in [1.29, 1.82) is 0 Å². The van der Waals surface area contributed by atoms with Crippen molar-refractivity contribution >= 4 is 11.6 Å². The maximum Gasteiger partial charge on any atom is 0.272 e. The summed E-state index contributed by atoms with van der Waals surface area (Å²) in [7, 11) is 0. The van der Waals surface area contributed by atoms with Crippen LogP contribution >= 0.6 is 0 Å². The molecule has 112 valence electrons. The lowest BCUT2D eigenvalue weighted by Gasteiger charge is -2.36. The number of nitrogens with zero attached hydrogens (tertiary/aromatic N) is 2. The number of carbonyl (C=O) groups excluding carboxylic acids is 1. The maximum absolute atomic E-state index is 12.5. The highest BCUT2D eigenvalue weighted by molar-refractivity contribution is 5.93. The third-order valence-electron chi connectivity index (χ3n) is 4.42. The summed E-state index contributed by atoms with van der Waals surface area (Å²) in [4.78, 5) is 16.8. The van der Waals surface area contributed by atoms with E-state index in [-0.39, 0.29) is 12.5 Å². The number of amides is 1. The topological polar surface area (TPSA) is 66.6 Å². The van der Waals surface area contributed by atoms with Crippen molar-refractivity contribution in [2.24, 2.45) is 0 Å². The number of imidazole rings is 1. The van der Waals surface area contributed by atoms with Gasteiger partial charge >= 0.3 is 0 Å². The molecule has 1 amide bonds. The summed E-state index contributed by atoms with van der Waals surface area (Å²) in [5.74, 6) is -0.200. The van der Waals surface area contributed by atoms with Crippen LogP contribution in [0.4, 0.5) is 0 Å². The standard InChI is InChI=1S/C16H21N3O2/c1-12-6-5-7-14-17-13(10-19(12)14)15(21)18-16(11-20)8-3-2-4-9-16/h5-7,10,20H,2-4,8-9,11H2,1H3,(H,18,21). The van der Waals surface area contributed by atoms with Gasteiger partial charge in [0.15, 0.2) is 0 Å². The van der Waals surface area contributed by atoms with Crippen LogP contribution in [0.5, 0.6) is 0 Å². The van der Waals surface area contributed by atoms with Crippen LogP contribution in [0.1, 0.15) is 48.3 Å². The zero-order valence-electron chi connectivity index (χ0n) is 12.3. The predicted octanol–water partition coefficient (Wildman–Crippen LogP) is 2.07. The minimum absolute atomic E-state index is 0.00879. The minimum Gasteiger partial charge on any atom is -0.394 e. The van der Waals surface area contributed by atoms with Crippen LogP contribution in [0.3, 0.4) is 0 Å². The van der Waals surface area contributed by atoms with Gasteiger partial charge in [-0.2, -0.15) is 0 Å². The molecule has 5 nitrogen and oxygen atoms in total. The van der Waals surface area contributed by atoms with E-state index in [0.717, 1.165) is 37.0 Å². The Hall–Kier alpha value is -1.88. The highest BCUT2D eigenvalue weighted by atomic mass is 16.3. The van der Waals surface area contributed by atoms with Gasteiger partial charge in [-0.1, -0.05) is 25.3 Å². The van der Waals surface area contributed by atoms with Crippen LogP contribution < -0.4 is 5.32 Å². The Labute approximate surface area is 124 Å². The van der Waals surface area contributed by atoms with Crippen LogP contribution in [0.25, 0.3) is 5.65 Å². The molecule has 0 unspecified atom stereocenters. The molecule has 0 bridgehead atoms. The number of nitrogens with one attached hydrogen (secondary N) is 1. The van der Waals surface area contributed by atoms with E-state index in [2.05, 4.69) is 10.3 Å². The molecule has 2 N–H and O–H groups in total. The maximum atomic E-state index is 12.5. The van der Waals surface area contributed by atoms with Gasteiger partial charge in [0.2, 0.25) is 0 Å². The van der Waals surface area contributed by atoms with Crippen molar-refractivity contribution in [3.63, 3.8) is 0 Å². The zero-order valence-corrected chi connectivity index (χ0v) is 12.3. The second-order valence-corrected chi connectivity index (χ2v) is 5.97. The summed E-state index contributed by atoms with van der Waals surface area (Å²) >= 11 is 0. The Morgan fingerprint density at radius 3 is 2.81 bits per heavy atom. The molecule has 21 heavy (non-hydrogen) atoms. The van der Waals surface area contributed by atoms with E-state index >= 15 is 0 Å². The molecule has 0 saturated heterocycles. The molecule has 5 heteroatoms. The van der Waals surface area contributed by atoms with E-state index in [0.29, 0.717) is 5.69 Å². The lowest BCUT2D eigenvalue weighted by atomic mass is 9.82. The number of aryl methyl sites for hydroxylation is 1. The fourth-order valence-electron chi connectivity index (χ4n) is 3.11. The monoisotopic (exact) mass is 287 g/mol. The SMILES string of the molecule is Cc1cccc2nc(C(=O)NC3(CO)CCCCC3)cn12. The molecular formula is C16H21N3O2. The summed E-state index contributed by atoms with van der Waals surface area (Å²) < 4.78 is 1.90. The molecule has 3 rings (SSSR count). The Morgan fingerprint density at radius 1 is 1.38 bits per heavy atom. The highest BCUT2D eigenvalue weighted by Crippen LogP contribution is 2.28. The normalized spacial score (nSPS) is 17.8. The Bertz CT molecular complexity index is 657. The number of aliphatic hydroxyl groups is 1. The summed E-state index contributed by atoms with van der Waals surface area (Å²) in [6, 6.07) is 5.79. The first-order valence-electron chi connectivity index (χ1n) is 7.52. The van der Waals surface area contributed by atoms with Gasteiger partial charge in [0.1, 0.15) is 11.3 Å². The number of aliphatic hydroxyl groups excluding tert-OH is 1. The van der Waals surface area contributed by atoms with Gasteiger partial charge < -0.3 is 14.8 Å². The lowest BCUT2D eigenvalue weighted by Crippen LogP contribution is -2.52. The largest absolute Gasteiger partial charge is 0.394 e. The van der Waals surface area contributed by atoms with Gasteiger partial charge in [-0.05, 0) is 31.9 Å². The molecule has 0 spiro atoms. The van der Waals surface area contributed by atoms with E-state index in [1.54, 1.807) is 6.20 Å². The van der Waals surface area contributed by atoms with E-state index < -0.39 is 5.54 Å². The number of rotatable bonds is 3. The second-order valence-electron chi connectivity index (χ2n) is 5.97. The molecule has 1 saturated carbocycles. The fraction of sp³-hybridized carbons (Fsp3) is 0.500. The highest BCUT2D eigenvalue weighted by Gasteiger charge is 2.33. The predicted molar refractivity (Wildman–Crippen MR) is 80.3 cm³/mol. The average Bonchev–Trinajstić information content (AvgIpc) is 2.94. The Balaban J connectivity index is 1.84. The number of aromatic nitrogens is 2. The van der Waals surface area contributed by atoms with E-state index in [1.165, 1.54) is 6.42 Å². The summed E-state index contributed by atoms with van der Waals surface area (Å²) in [5.41, 5.74) is 1.73. The summed E-state index contributed by atoms with van der Waals surface area (Å²) in [6.45, 7) is 1.97. The van der Waals surface area contributed by atoms with E-state index in [9.17, 15) is 9.90 Å². The third kappa shape index (κ3) is 2.65. The summed E-state index contributed by atoms with van der Waals surface area (Å²) in [6.07, 6.45) is 6.69. The molecular weight excluding hydrogens is 266 g/mol. The van der Waals surface area contributed by atoms with Gasteiger partial charge in [-0.25, -0.2) is 4.98 Å². The number of hydrogen-bond acceptors (Lipinski definition) is 3. The van der Waals surface area contributed by atoms with Crippen LogP contribution in [-0.2, 0) is 0 Å². The van der Waals surface area contributed by atoms with Crippen LogP contribution in [-0.4, -0.2) is 32.5 Å². The molecule has 0 radical (unpaired) electrons. The summed E-state index contributed by atoms with van der Waals surface area (Å²) in [5, 5.41) is 12.7. The second kappa shape index (κ2) is 5.48. The first-order valence-corrected chi connectivity index (χ1v) is 7.52. The van der Waals surface area contributed by atoms with Crippen molar-refractivity contribution in [2.45, 2.75) is 44.6 Å². The molecule has 1 aliphatic rings. The minimum atomic E-state index is -0.472. The van der Waals surface area contributed by atoms with Crippen molar-refractivity contribution in [3.8, 4) is 0 Å². The zero-order chi connectivity index (χ0) is 14.9. The third-order valence-corrected chi connectivity index (χ3v) is 4.42.